The summed E-state index contributed by atoms with van der Waals surface area (Å²) in [5.74, 6) is -0.0596. The second-order valence-corrected chi connectivity index (χ2v) is 4.42. The topological polar surface area (TPSA) is 77.0 Å². The van der Waals surface area contributed by atoms with Crippen LogP contribution in [0.1, 0.15) is 0 Å². The van der Waals surface area contributed by atoms with Crippen molar-refractivity contribution in [3.05, 3.63) is 24.3 Å². The van der Waals surface area contributed by atoms with E-state index in [1.165, 1.54) is 11.8 Å². The van der Waals surface area contributed by atoms with Crippen LogP contribution in [0, 0.1) is 0 Å². The molecule has 1 aromatic rings. The number of carbonyl (C=O) groups excluding carboxylic acids is 2. The highest BCUT2D eigenvalue weighted by Gasteiger charge is 2.33. The van der Waals surface area contributed by atoms with Crippen molar-refractivity contribution < 1.29 is 19.1 Å². The zero-order valence-corrected chi connectivity index (χ0v) is 11.2. The third-order valence-corrected chi connectivity index (χ3v) is 2.99. The molecule has 0 saturated heterocycles. The molecule has 7 heteroatoms. The molecular formula is C12H12N2O4S. The summed E-state index contributed by atoms with van der Waals surface area (Å²) in [5.41, 5.74) is 0. The number of hydrogen-bond acceptors (Lipinski definition) is 5. The van der Waals surface area contributed by atoms with E-state index in [2.05, 4.69) is 10.3 Å². The maximum atomic E-state index is 11.7. The maximum absolute atomic E-state index is 11.7. The summed E-state index contributed by atoms with van der Waals surface area (Å²) in [6.07, 6.45) is 0.473. The van der Waals surface area contributed by atoms with E-state index in [4.69, 9.17) is 9.47 Å². The van der Waals surface area contributed by atoms with E-state index >= 15 is 0 Å². The molecule has 1 aliphatic heterocycles. The highest BCUT2D eigenvalue weighted by atomic mass is 32.2. The molecule has 0 aromatic heterocycles. The molecule has 1 N–H and O–H groups in total. The zero-order valence-electron chi connectivity index (χ0n) is 10.4. The van der Waals surface area contributed by atoms with Gasteiger partial charge < -0.3 is 14.8 Å². The molecule has 2 amide bonds. The molecule has 0 spiro atoms. The minimum Gasteiger partial charge on any atom is -0.497 e. The fourth-order valence-electron chi connectivity index (χ4n) is 1.46. The minimum atomic E-state index is -1.25. The number of thioether (sulfide) groups is 1. The molecule has 1 atom stereocenters. The van der Waals surface area contributed by atoms with Crippen LogP contribution in [-0.4, -0.2) is 36.5 Å². The van der Waals surface area contributed by atoms with Gasteiger partial charge in [-0.2, -0.15) is 4.99 Å². The van der Waals surface area contributed by atoms with E-state index < -0.39 is 17.9 Å². The second kappa shape index (κ2) is 5.75. The number of ether oxygens (including phenoxy) is 2. The van der Waals surface area contributed by atoms with Gasteiger partial charge in [0.25, 0.3) is 17.9 Å². The predicted molar refractivity (Wildman–Crippen MR) is 71.5 cm³/mol. The van der Waals surface area contributed by atoms with E-state index in [0.29, 0.717) is 11.5 Å². The molecule has 0 radical (unpaired) electrons. The normalized spacial score (nSPS) is 18.6. The number of benzene rings is 1. The Labute approximate surface area is 114 Å². The molecule has 0 saturated carbocycles. The number of nitrogens with zero attached hydrogens (tertiary/aromatic N) is 1. The zero-order chi connectivity index (χ0) is 13.8. The Hall–Kier alpha value is -2.02. The van der Waals surface area contributed by atoms with Crippen molar-refractivity contribution in [2.24, 2.45) is 4.99 Å². The summed E-state index contributed by atoms with van der Waals surface area (Å²) >= 11 is 1.19. The smallest absolute Gasteiger partial charge is 0.299 e. The molecule has 100 valence electrons. The first-order valence-corrected chi connectivity index (χ1v) is 6.64. The lowest BCUT2D eigenvalue weighted by Crippen LogP contribution is -2.49. The van der Waals surface area contributed by atoms with Crippen LogP contribution in [0.2, 0.25) is 0 Å². The first-order chi connectivity index (χ1) is 9.13. The van der Waals surface area contributed by atoms with Gasteiger partial charge in [-0.15, -0.1) is 0 Å². The van der Waals surface area contributed by atoms with Crippen molar-refractivity contribution >= 4 is 28.7 Å². The number of hydrogen-bond donors (Lipinski definition) is 1. The lowest BCUT2D eigenvalue weighted by Gasteiger charge is -2.20. The Morgan fingerprint density at radius 1 is 1.21 bits per heavy atom. The molecule has 1 aromatic carbocycles. The second-order valence-electron chi connectivity index (χ2n) is 3.62. The SMILES string of the molecule is COc1ccc(OC2C(=O)N=C(SC)NC2=O)cc1. The van der Waals surface area contributed by atoms with Crippen LogP contribution in [0.5, 0.6) is 11.5 Å². The summed E-state index contributed by atoms with van der Waals surface area (Å²) in [7, 11) is 1.55. The number of amides is 2. The number of carbonyl (C=O) groups is 2. The summed E-state index contributed by atoms with van der Waals surface area (Å²) in [6.45, 7) is 0. The standard InChI is InChI=1S/C12H12N2O4S/c1-17-7-3-5-8(6-4-7)18-9-10(15)13-12(19-2)14-11(9)16/h3-6,9H,1-2H3,(H,13,14,15,16). The predicted octanol–water partition coefficient (Wildman–Crippen LogP) is 0.818. The lowest BCUT2D eigenvalue weighted by molar-refractivity contribution is -0.137. The average Bonchev–Trinajstić information content (AvgIpc) is 2.43. The van der Waals surface area contributed by atoms with Crippen LogP contribution in [0.3, 0.4) is 0 Å². The number of aliphatic imine (C=N–C) groups is 1. The summed E-state index contributed by atoms with van der Waals surface area (Å²) < 4.78 is 10.3. The summed E-state index contributed by atoms with van der Waals surface area (Å²) in [5, 5.41) is 2.77. The van der Waals surface area contributed by atoms with Crippen molar-refractivity contribution in [1.29, 1.82) is 0 Å². The van der Waals surface area contributed by atoms with E-state index in [1.807, 2.05) is 0 Å². The van der Waals surface area contributed by atoms with Gasteiger partial charge in [-0.3, -0.25) is 9.59 Å². The minimum absolute atomic E-state index is 0.282. The Balaban J connectivity index is 2.12. The molecule has 19 heavy (non-hydrogen) atoms. The van der Waals surface area contributed by atoms with Crippen molar-refractivity contribution in [2.75, 3.05) is 13.4 Å². The van der Waals surface area contributed by atoms with Gasteiger partial charge in [0.15, 0.2) is 5.17 Å². The maximum Gasteiger partial charge on any atom is 0.299 e. The van der Waals surface area contributed by atoms with Crippen molar-refractivity contribution in [2.45, 2.75) is 6.10 Å². The first-order valence-electron chi connectivity index (χ1n) is 5.42. The third-order valence-electron chi connectivity index (χ3n) is 2.41. The van der Waals surface area contributed by atoms with Gasteiger partial charge in [-0.05, 0) is 30.5 Å². The molecule has 1 unspecified atom stereocenters. The Morgan fingerprint density at radius 3 is 2.37 bits per heavy atom. The molecule has 2 rings (SSSR count). The Morgan fingerprint density at radius 2 is 1.84 bits per heavy atom. The van der Waals surface area contributed by atoms with Gasteiger partial charge >= 0.3 is 0 Å². The number of rotatable bonds is 3. The number of amidine groups is 1. The van der Waals surface area contributed by atoms with Gasteiger partial charge in [-0.25, -0.2) is 0 Å². The first kappa shape index (κ1) is 13.4. The van der Waals surface area contributed by atoms with Crippen LogP contribution in [0.15, 0.2) is 29.3 Å². The van der Waals surface area contributed by atoms with Crippen molar-refractivity contribution in [3.8, 4) is 11.5 Å². The van der Waals surface area contributed by atoms with E-state index in [-0.39, 0.29) is 5.17 Å². The van der Waals surface area contributed by atoms with Gasteiger partial charge in [0.05, 0.1) is 7.11 Å². The largest absolute Gasteiger partial charge is 0.497 e. The number of methoxy groups -OCH3 is 1. The third kappa shape index (κ3) is 3.05. The van der Waals surface area contributed by atoms with Gasteiger partial charge in [0.2, 0.25) is 0 Å². The fourth-order valence-corrected chi connectivity index (χ4v) is 1.84. The van der Waals surface area contributed by atoms with Crippen LogP contribution in [0.4, 0.5) is 0 Å². The van der Waals surface area contributed by atoms with E-state index in [9.17, 15) is 9.59 Å². The molecular weight excluding hydrogens is 268 g/mol. The Bertz CT molecular complexity index is 527. The average molecular weight is 280 g/mol. The monoisotopic (exact) mass is 280 g/mol. The van der Waals surface area contributed by atoms with Crippen LogP contribution < -0.4 is 14.8 Å². The highest BCUT2D eigenvalue weighted by Crippen LogP contribution is 2.19. The Kier molecular flexibility index (Phi) is 4.06. The van der Waals surface area contributed by atoms with Gasteiger partial charge in [-0.1, -0.05) is 11.8 Å². The molecule has 1 heterocycles. The van der Waals surface area contributed by atoms with Crippen LogP contribution in [-0.2, 0) is 9.59 Å². The van der Waals surface area contributed by atoms with Crippen molar-refractivity contribution in [3.63, 3.8) is 0 Å². The highest BCUT2D eigenvalue weighted by molar-refractivity contribution is 8.13. The quantitative estimate of drug-likeness (QED) is 0.829. The van der Waals surface area contributed by atoms with Crippen LogP contribution >= 0.6 is 11.8 Å². The van der Waals surface area contributed by atoms with Crippen LogP contribution in [0.25, 0.3) is 0 Å². The number of nitrogens with one attached hydrogen (secondary N) is 1. The molecule has 0 aliphatic carbocycles. The molecule has 0 fully saturated rings. The fraction of sp³-hybridized carbons (Fsp3) is 0.250. The summed E-state index contributed by atoms with van der Waals surface area (Å²) in [6, 6.07) is 6.59. The molecule has 6 nitrogen and oxygen atoms in total. The molecule has 0 bridgehead atoms. The van der Waals surface area contributed by atoms with Crippen molar-refractivity contribution in [1.82, 2.24) is 5.32 Å². The van der Waals surface area contributed by atoms with Gasteiger partial charge in [0.1, 0.15) is 11.5 Å². The van der Waals surface area contributed by atoms with E-state index in [0.717, 1.165) is 0 Å². The summed E-state index contributed by atoms with van der Waals surface area (Å²) in [4.78, 5) is 27.1. The van der Waals surface area contributed by atoms with Gasteiger partial charge in [0, 0.05) is 0 Å². The lowest BCUT2D eigenvalue weighted by atomic mass is 10.2. The van der Waals surface area contributed by atoms with E-state index in [1.54, 1.807) is 37.6 Å². The molecule has 1 aliphatic rings.